The number of aromatic nitrogens is 1. The Morgan fingerprint density at radius 3 is 2.19 bits per heavy atom. The number of alkyl halides is 3. The fourth-order valence-corrected chi connectivity index (χ4v) is 2.48. The minimum atomic E-state index is -4.78. The van der Waals surface area contributed by atoms with E-state index in [1.54, 1.807) is 22.9 Å². The van der Waals surface area contributed by atoms with Gasteiger partial charge in [-0.25, -0.2) is 9.59 Å². The van der Waals surface area contributed by atoms with Gasteiger partial charge >= 0.3 is 18.3 Å². The second kappa shape index (κ2) is 6.49. The lowest BCUT2D eigenvalue weighted by molar-refractivity contribution is -0.274. The fraction of sp³-hybridized carbons (Fsp3) is 0.222. The molecule has 0 amide bonds. The van der Waals surface area contributed by atoms with E-state index >= 15 is 0 Å². The highest BCUT2D eigenvalue weighted by atomic mass is 19.4. The van der Waals surface area contributed by atoms with Crippen LogP contribution in [0.4, 0.5) is 13.2 Å². The molecule has 1 aromatic heterocycles. The van der Waals surface area contributed by atoms with E-state index in [4.69, 9.17) is 9.47 Å². The average molecular weight is 381 g/mol. The van der Waals surface area contributed by atoms with Crippen LogP contribution >= 0.6 is 0 Å². The van der Waals surface area contributed by atoms with Gasteiger partial charge < -0.3 is 18.8 Å². The number of benzene rings is 1. The third kappa shape index (κ3) is 4.30. The highest BCUT2D eigenvalue weighted by Crippen LogP contribution is 2.27. The molecule has 2 aromatic rings. The first-order valence-electron chi connectivity index (χ1n) is 7.76. The molecule has 3 rings (SSSR count). The van der Waals surface area contributed by atoms with Gasteiger partial charge in [-0.3, -0.25) is 0 Å². The van der Waals surface area contributed by atoms with E-state index in [-0.39, 0.29) is 11.3 Å². The van der Waals surface area contributed by atoms with E-state index in [0.717, 1.165) is 12.1 Å². The summed E-state index contributed by atoms with van der Waals surface area (Å²) >= 11 is 0. The van der Waals surface area contributed by atoms with Crippen molar-refractivity contribution in [1.29, 1.82) is 0 Å². The molecule has 1 saturated heterocycles. The third-order valence-electron chi connectivity index (χ3n) is 3.54. The van der Waals surface area contributed by atoms with Crippen LogP contribution in [0.1, 0.15) is 19.5 Å². The number of rotatable bonds is 3. The Hall–Kier alpha value is -3.23. The molecule has 0 atom stereocenters. The zero-order valence-corrected chi connectivity index (χ0v) is 14.2. The van der Waals surface area contributed by atoms with Gasteiger partial charge in [0, 0.05) is 31.4 Å². The quantitative estimate of drug-likeness (QED) is 0.462. The number of hydrogen-bond acceptors (Lipinski definition) is 5. The van der Waals surface area contributed by atoms with Crippen molar-refractivity contribution < 1.29 is 37.0 Å². The molecule has 1 aromatic carbocycles. The number of ether oxygens (including phenoxy) is 3. The monoisotopic (exact) mass is 381 g/mol. The van der Waals surface area contributed by atoms with Gasteiger partial charge in [-0.2, -0.15) is 0 Å². The van der Waals surface area contributed by atoms with Crippen LogP contribution < -0.4 is 4.74 Å². The molecule has 142 valence electrons. The van der Waals surface area contributed by atoms with Gasteiger partial charge in [-0.1, -0.05) is 0 Å². The molecular weight excluding hydrogens is 367 g/mol. The van der Waals surface area contributed by atoms with Gasteiger partial charge in [0.1, 0.15) is 11.3 Å². The zero-order valence-electron chi connectivity index (χ0n) is 14.2. The van der Waals surface area contributed by atoms with Crippen LogP contribution in [0, 0.1) is 0 Å². The van der Waals surface area contributed by atoms with Crippen LogP contribution in [0.3, 0.4) is 0 Å². The van der Waals surface area contributed by atoms with Crippen LogP contribution in [0.2, 0.25) is 0 Å². The molecule has 0 N–H and O–H groups in total. The Labute approximate surface area is 151 Å². The fourth-order valence-electron chi connectivity index (χ4n) is 2.48. The molecule has 0 bridgehead atoms. The number of esters is 2. The maximum atomic E-state index is 12.2. The van der Waals surface area contributed by atoms with Crippen molar-refractivity contribution in [3.63, 3.8) is 0 Å². The van der Waals surface area contributed by atoms with Crippen LogP contribution in [0.5, 0.6) is 5.75 Å². The molecule has 0 aliphatic carbocycles. The summed E-state index contributed by atoms with van der Waals surface area (Å²) in [6.45, 7) is 2.87. The molecule has 9 heteroatoms. The molecular formula is C18H14F3NO5. The predicted molar refractivity (Wildman–Crippen MR) is 86.7 cm³/mol. The van der Waals surface area contributed by atoms with Crippen molar-refractivity contribution in [2.75, 3.05) is 0 Å². The number of carbonyl (C=O) groups excluding carboxylic acids is 2. The standard InChI is InChI=1S/C18H14F3NO5/c1-17(2)26-15(23)14(16(24)27-17)10-12-4-3-9-22(12)11-5-7-13(8-6-11)25-18(19,20)21/h3-10H,1-2H3. The molecule has 1 aliphatic heterocycles. The van der Waals surface area contributed by atoms with E-state index in [2.05, 4.69) is 4.74 Å². The lowest BCUT2D eigenvalue weighted by Crippen LogP contribution is -2.41. The number of nitrogens with zero attached hydrogens (tertiary/aromatic N) is 1. The molecule has 1 fully saturated rings. The van der Waals surface area contributed by atoms with E-state index in [1.807, 2.05) is 0 Å². The second-order valence-corrected chi connectivity index (χ2v) is 6.08. The SMILES string of the molecule is CC1(C)OC(=O)C(=Cc2cccn2-c2ccc(OC(F)(F)F)cc2)C(=O)O1. The second-order valence-electron chi connectivity index (χ2n) is 6.08. The highest BCUT2D eigenvalue weighted by molar-refractivity contribution is 6.18. The van der Waals surface area contributed by atoms with Crippen LogP contribution in [-0.2, 0) is 19.1 Å². The summed E-state index contributed by atoms with van der Waals surface area (Å²) in [6, 6.07) is 8.40. The van der Waals surface area contributed by atoms with Crippen molar-refractivity contribution >= 4 is 18.0 Å². The zero-order chi connectivity index (χ0) is 19.8. The Morgan fingerprint density at radius 2 is 1.63 bits per heavy atom. The van der Waals surface area contributed by atoms with Gasteiger partial charge in [-0.15, -0.1) is 13.2 Å². The first kappa shape index (κ1) is 18.6. The molecule has 2 heterocycles. The Bertz CT molecular complexity index is 888. The summed E-state index contributed by atoms with van der Waals surface area (Å²) in [6.07, 6.45) is -1.87. The maximum absolute atomic E-state index is 12.2. The van der Waals surface area contributed by atoms with Crippen LogP contribution in [0.25, 0.3) is 11.8 Å². The number of carbonyl (C=O) groups is 2. The van der Waals surface area contributed by atoms with E-state index < -0.39 is 24.1 Å². The topological polar surface area (TPSA) is 66.8 Å². The number of hydrogen-bond donors (Lipinski definition) is 0. The van der Waals surface area contributed by atoms with Gasteiger partial charge in [0.25, 0.3) is 5.79 Å². The lowest BCUT2D eigenvalue weighted by Gasteiger charge is -2.29. The van der Waals surface area contributed by atoms with Crippen LogP contribution in [-0.4, -0.2) is 28.7 Å². The summed E-state index contributed by atoms with van der Waals surface area (Å²) in [7, 11) is 0. The summed E-state index contributed by atoms with van der Waals surface area (Å²) < 4.78 is 52.2. The van der Waals surface area contributed by atoms with Crippen LogP contribution in [0.15, 0.2) is 48.2 Å². The Balaban J connectivity index is 1.88. The summed E-state index contributed by atoms with van der Waals surface area (Å²) in [5.41, 5.74) is 0.647. The smallest absolute Gasteiger partial charge is 0.419 e. The minimum absolute atomic E-state index is 0.286. The lowest BCUT2D eigenvalue weighted by atomic mass is 10.2. The largest absolute Gasteiger partial charge is 0.573 e. The molecule has 6 nitrogen and oxygen atoms in total. The predicted octanol–water partition coefficient (Wildman–Crippen LogP) is 3.60. The summed E-state index contributed by atoms with van der Waals surface area (Å²) in [5.74, 6) is -3.35. The average Bonchev–Trinajstić information content (AvgIpc) is 2.97. The van der Waals surface area contributed by atoms with Crippen molar-refractivity contribution in [2.45, 2.75) is 26.0 Å². The van der Waals surface area contributed by atoms with E-state index in [1.165, 1.54) is 32.1 Å². The van der Waals surface area contributed by atoms with Crippen molar-refractivity contribution in [1.82, 2.24) is 4.57 Å². The van der Waals surface area contributed by atoms with Gasteiger partial charge in [0.05, 0.1) is 0 Å². The number of cyclic esters (lactones) is 2. The third-order valence-corrected chi connectivity index (χ3v) is 3.54. The molecule has 0 radical (unpaired) electrons. The molecule has 0 unspecified atom stereocenters. The van der Waals surface area contributed by atoms with Crippen molar-refractivity contribution in [3.8, 4) is 11.4 Å². The van der Waals surface area contributed by atoms with Crippen molar-refractivity contribution in [3.05, 3.63) is 53.9 Å². The molecule has 1 aliphatic rings. The maximum Gasteiger partial charge on any atom is 0.573 e. The van der Waals surface area contributed by atoms with Crippen molar-refractivity contribution in [2.24, 2.45) is 0 Å². The minimum Gasteiger partial charge on any atom is -0.419 e. The Kier molecular flexibility index (Phi) is 4.46. The van der Waals surface area contributed by atoms with E-state index in [9.17, 15) is 22.8 Å². The molecule has 27 heavy (non-hydrogen) atoms. The molecule has 0 saturated carbocycles. The first-order valence-corrected chi connectivity index (χ1v) is 7.76. The summed E-state index contributed by atoms with van der Waals surface area (Å²) in [5, 5.41) is 0. The Morgan fingerprint density at radius 1 is 1.04 bits per heavy atom. The number of halogens is 3. The molecule has 0 spiro atoms. The summed E-state index contributed by atoms with van der Waals surface area (Å²) in [4.78, 5) is 24.1. The normalized spacial score (nSPS) is 16.6. The first-order chi connectivity index (χ1) is 12.5. The van der Waals surface area contributed by atoms with Gasteiger partial charge in [0.15, 0.2) is 0 Å². The van der Waals surface area contributed by atoms with Gasteiger partial charge in [-0.05, 0) is 42.5 Å². The van der Waals surface area contributed by atoms with Gasteiger partial charge in [0.2, 0.25) is 0 Å². The van der Waals surface area contributed by atoms with E-state index in [0.29, 0.717) is 11.4 Å². The highest BCUT2D eigenvalue weighted by Gasteiger charge is 2.39.